The van der Waals surface area contributed by atoms with Crippen LogP contribution >= 0.6 is 0 Å². The fourth-order valence-corrected chi connectivity index (χ4v) is 5.58. The van der Waals surface area contributed by atoms with Crippen molar-refractivity contribution in [1.29, 1.82) is 0 Å². The molecule has 1 saturated carbocycles. The molecule has 0 bridgehead atoms. The van der Waals surface area contributed by atoms with Crippen LogP contribution in [0.5, 0.6) is 0 Å². The van der Waals surface area contributed by atoms with Crippen LogP contribution in [-0.4, -0.2) is 47.8 Å². The van der Waals surface area contributed by atoms with Crippen LogP contribution in [0.15, 0.2) is 24.3 Å². The zero-order chi connectivity index (χ0) is 21.5. The molecule has 0 radical (unpaired) electrons. The van der Waals surface area contributed by atoms with Gasteiger partial charge in [0.2, 0.25) is 11.8 Å². The first kappa shape index (κ1) is 22.3. The van der Waals surface area contributed by atoms with Gasteiger partial charge in [0.1, 0.15) is 0 Å². The minimum atomic E-state index is 0.112. The Morgan fingerprint density at radius 3 is 2.23 bits per heavy atom. The Bertz CT molecular complexity index is 730. The zero-order valence-corrected chi connectivity index (χ0v) is 19.0. The SMILES string of the molecule is O=C(CC1CCN(C(=O)CC2CCCCC2)CC1)Nc1ccccc1CN1CCCC1. The lowest BCUT2D eigenvalue weighted by Crippen LogP contribution is -2.40. The maximum atomic E-state index is 12.7. The van der Waals surface area contributed by atoms with E-state index >= 15 is 0 Å². The summed E-state index contributed by atoms with van der Waals surface area (Å²) in [6, 6.07) is 8.21. The maximum absolute atomic E-state index is 12.7. The standard InChI is InChI=1S/C26H39N3O2/c30-25(27-24-11-5-4-10-23(24)20-28-14-6-7-15-28)18-22-12-16-29(17-13-22)26(31)19-21-8-2-1-3-9-21/h4-5,10-11,21-22H,1-3,6-9,12-20H2,(H,27,30). The first-order valence-corrected chi connectivity index (χ1v) is 12.6. The molecule has 3 fully saturated rings. The van der Waals surface area contributed by atoms with E-state index in [0.29, 0.717) is 24.2 Å². The highest BCUT2D eigenvalue weighted by Gasteiger charge is 2.26. The molecule has 4 rings (SSSR count). The number of para-hydroxylation sites is 1. The van der Waals surface area contributed by atoms with Crippen molar-refractivity contribution in [3.05, 3.63) is 29.8 Å². The monoisotopic (exact) mass is 425 g/mol. The van der Waals surface area contributed by atoms with Crippen molar-refractivity contribution in [3.63, 3.8) is 0 Å². The number of hydrogen-bond donors (Lipinski definition) is 1. The molecule has 0 spiro atoms. The summed E-state index contributed by atoms with van der Waals surface area (Å²) in [5, 5.41) is 3.17. The number of amides is 2. The minimum Gasteiger partial charge on any atom is -0.343 e. The van der Waals surface area contributed by atoms with Crippen molar-refractivity contribution in [2.24, 2.45) is 11.8 Å². The van der Waals surface area contributed by atoms with Crippen molar-refractivity contribution in [2.45, 2.75) is 77.2 Å². The van der Waals surface area contributed by atoms with E-state index in [1.807, 2.05) is 17.0 Å². The average Bonchev–Trinajstić information content (AvgIpc) is 3.29. The molecule has 2 saturated heterocycles. The number of piperidine rings is 1. The lowest BCUT2D eigenvalue weighted by atomic mass is 9.86. The van der Waals surface area contributed by atoms with Gasteiger partial charge in [-0.2, -0.15) is 0 Å². The van der Waals surface area contributed by atoms with Gasteiger partial charge in [-0.15, -0.1) is 0 Å². The molecule has 1 N–H and O–H groups in total. The zero-order valence-electron chi connectivity index (χ0n) is 19.0. The molecule has 5 nitrogen and oxygen atoms in total. The molecule has 2 aliphatic heterocycles. The number of carbonyl (C=O) groups is 2. The van der Waals surface area contributed by atoms with Gasteiger partial charge in [0.15, 0.2) is 0 Å². The Morgan fingerprint density at radius 1 is 0.806 bits per heavy atom. The van der Waals surface area contributed by atoms with Gasteiger partial charge in [-0.1, -0.05) is 37.5 Å². The first-order valence-electron chi connectivity index (χ1n) is 12.6. The highest BCUT2D eigenvalue weighted by molar-refractivity contribution is 5.91. The maximum Gasteiger partial charge on any atom is 0.224 e. The number of likely N-dealkylation sites (tertiary alicyclic amines) is 2. The van der Waals surface area contributed by atoms with E-state index in [1.165, 1.54) is 50.5 Å². The molecule has 5 heteroatoms. The topological polar surface area (TPSA) is 52.7 Å². The highest BCUT2D eigenvalue weighted by atomic mass is 16.2. The van der Waals surface area contributed by atoms with E-state index in [-0.39, 0.29) is 5.91 Å². The predicted octanol–water partition coefficient (Wildman–Crippen LogP) is 4.82. The second-order valence-corrected chi connectivity index (χ2v) is 9.93. The summed E-state index contributed by atoms with van der Waals surface area (Å²) < 4.78 is 0. The fraction of sp³-hybridized carbons (Fsp3) is 0.692. The summed E-state index contributed by atoms with van der Waals surface area (Å²) in [6.07, 6.45) is 12.1. The van der Waals surface area contributed by atoms with Crippen molar-refractivity contribution in [3.8, 4) is 0 Å². The minimum absolute atomic E-state index is 0.112. The smallest absolute Gasteiger partial charge is 0.224 e. The third-order valence-corrected chi connectivity index (χ3v) is 7.51. The quantitative estimate of drug-likeness (QED) is 0.681. The second kappa shape index (κ2) is 11.1. The van der Waals surface area contributed by atoms with E-state index in [2.05, 4.69) is 22.3 Å². The Morgan fingerprint density at radius 2 is 1.48 bits per heavy atom. The molecule has 3 aliphatic rings. The van der Waals surface area contributed by atoms with E-state index in [4.69, 9.17) is 0 Å². The third-order valence-electron chi connectivity index (χ3n) is 7.51. The predicted molar refractivity (Wildman–Crippen MR) is 125 cm³/mol. The molecule has 1 aromatic rings. The van der Waals surface area contributed by atoms with E-state index in [9.17, 15) is 9.59 Å². The summed E-state index contributed by atoms with van der Waals surface area (Å²) in [6.45, 7) is 4.85. The number of hydrogen-bond acceptors (Lipinski definition) is 3. The van der Waals surface area contributed by atoms with Crippen LogP contribution in [0.25, 0.3) is 0 Å². The molecule has 2 heterocycles. The summed E-state index contributed by atoms with van der Waals surface area (Å²) in [5.41, 5.74) is 2.17. The average molecular weight is 426 g/mol. The normalized spacial score (nSPS) is 21.4. The number of nitrogens with one attached hydrogen (secondary N) is 1. The van der Waals surface area contributed by atoms with E-state index < -0.39 is 0 Å². The number of anilines is 1. The van der Waals surface area contributed by atoms with Gasteiger partial charge in [-0.05, 0) is 75.1 Å². The molecular formula is C26H39N3O2. The number of benzene rings is 1. The van der Waals surface area contributed by atoms with Crippen LogP contribution in [0, 0.1) is 11.8 Å². The third kappa shape index (κ3) is 6.55. The number of rotatable bonds is 7. The van der Waals surface area contributed by atoms with Crippen LogP contribution in [0.2, 0.25) is 0 Å². The van der Waals surface area contributed by atoms with Gasteiger partial charge >= 0.3 is 0 Å². The van der Waals surface area contributed by atoms with Gasteiger partial charge in [-0.3, -0.25) is 14.5 Å². The van der Waals surface area contributed by atoms with Gasteiger partial charge in [-0.25, -0.2) is 0 Å². The van der Waals surface area contributed by atoms with E-state index in [0.717, 1.165) is 57.7 Å². The molecule has 170 valence electrons. The molecule has 0 unspecified atom stereocenters. The molecular weight excluding hydrogens is 386 g/mol. The molecule has 2 amide bonds. The lowest BCUT2D eigenvalue weighted by Gasteiger charge is -2.33. The van der Waals surface area contributed by atoms with Crippen LogP contribution < -0.4 is 5.32 Å². The molecule has 31 heavy (non-hydrogen) atoms. The Balaban J connectivity index is 1.21. The van der Waals surface area contributed by atoms with Crippen molar-refractivity contribution in [2.75, 3.05) is 31.5 Å². The number of nitrogens with zero attached hydrogens (tertiary/aromatic N) is 2. The Labute approximate surface area is 187 Å². The summed E-state index contributed by atoms with van der Waals surface area (Å²) in [5.74, 6) is 1.43. The lowest BCUT2D eigenvalue weighted by molar-refractivity contribution is -0.133. The second-order valence-electron chi connectivity index (χ2n) is 9.93. The van der Waals surface area contributed by atoms with Gasteiger partial charge in [0.25, 0.3) is 0 Å². The van der Waals surface area contributed by atoms with Crippen molar-refractivity contribution in [1.82, 2.24) is 9.80 Å². The summed E-state index contributed by atoms with van der Waals surface area (Å²) >= 11 is 0. The van der Waals surface area contributed by atoms with Crippen LogP contribution in [0.4, 0.5) is 5.69 Å². The van der Waals surface area contributed by atoms with E-state index in [1.54, 1.807) is 0 Å². The molecule has 1 aromatic carbocycles. The fourth-order valence-electron chi connectivity index (χ4n) is 5.58. The summed E-state index contributed by atoms with van der Waals surface area (Å²) in [7, 11) is 0. The Hall–Kier alpha value is -1.88. The van der Waals surface area contributed by atoms with Gasteiger partial charge in [0.05, 0.1) is 0 Å². The van der Waals surface area contributed by atoms with Crippen LogP contribution in [0.1, 0.15) is 76.2 Å². The molecule has 0 atom stereocenters. The summed E-state index contributed by atoms with van der Waals surface area (Å²) in [4.78, 5) is 29.9. The number of carbonyl (C=O) groups excluding carboxylic acids is 2. The van der Waals surface area contributed by atoms with Crippen LogP contribution in [0.3, 0.4) is 0 Å². The van der Waals surface area contributed by atoms with Crippen molar-refractivity contribution >= 4 is 17.5 Å². The first-order chi connectivity index (χ1) is 15.2. The molecule has 1 aliphatic carbocycles. The van der Waals surface area contributed by atoms with Gasteiger partial charge in [0, 0.05) is 38.2 Å². The van der Waals surface area contributed by atoms with Gasteiger partial charge < -0.3 is 10.2 Å². The largest absolute Gasteiger partial charge is 0.343 e. The molecule has 0 aromatic heterocycles. The Kier molecular flexibility index (Phi) is 8.01. The highest BCUT2D eigenvalue weighted by Crippen LogP contribution is 2.28. The van der Waals surface area contributed by atoms with Crippen LogP contribution in [-0.2, 0) is 16.1 Å². The van der Waals surface area contributed by atoms with Crippen molar-refractivity contribution < 1.29 is 9.59 Å².